The van der Waals surface area contributed by atoms with Crippen molar-refractivity contribution >= 4 is 11.9 Å². The molecule has 0 heterocycles. The molecule has 6 nitrogen and oxygen atoms in total. The van der Waals surface area contributed by atoms with Crippen molar-refractivity contribution in [3.05, 3.63) is 36.5 Å². The number of carbonyl (C=O) groups is 2. The molecule has 0 aliphatic rings. The van der Waals surface area contributed by atoms with Gasteiger partial charge in [-0.3, -0.25) is 9.59 Å². The zero-order valence-corrected chi connectivity index (χ0v) is 59.0. The van der Waals surface area contributed by atoms with Crippen molar-refractivity contribution in [3.63, 3.8) is 0 Å². The van der Waals surface area contributed by atoms with E-state index < -0.39 is 12.1 Å². The highest BCUT2D eigenvalue weighted by Crippen LogP contribution is 2.20. The lowest BCUT2D eigenvalue weighted by Gasteiger charge is -2.20. The zero-order chi connectivity index (χ0) is 62.8. The van der Waals surface area contributed by atoms with Crippen LogP contribution in [0, 0.1) is 0 Å². The summed E-state index contributed by atoms with van der Waals surface area (Å²) in [6.45, 7) is 4.95. The van der Waals surface area contributed by atoms with Gasteiger partial charge in [0.05, 0.1) is 25.4 Å². The van der Waals surface area contributed by atoms with E-state index in [4.69, 9.17) is 4.74 Å². The number of nitrogens with one attached hydrogen (secondary N) is 1. The summed E-state index contributed by atoms with van der Waals surface area (Å²) < 4.78 is 5.51. The predicted octanol–water partition coefficient (Wildman–Crippen LogP) is 26.2. The van der Waals surface area contributed by atoms with Crippen molar-refractivity contribution in [2.75, 3.05) is 13.2 Å². The first kappa shape index (κ1) is 85.1. The van der Waals surface area contributed by atoms with E-state index in [1.807, 2.05) is 6.08 Å². The molecular weight excluding hydrogens is 1070 g/mol. The Morgan fingerprint density at radius 1 is 0.322 bits per heavy atom. The van der Waals surface area contributed by atoms with E-state index in [0.29, 0.717) is 19.4 Å². The maximum atomic E-state index is 12.5. The molecule has 0 rings (SSSR count). The fraction of sp³-hybridized carbons (Fsp3) is 0.901. The second-order valence-corrected chi connectivity index (χ2v) is 27.4. The molecule has 0 aliphatic carbocycles. The molecule has 0 radical (unpaired) electrons. The fourth-order valence-electron chi connectivity index (χ4n) is 12.6. The molecule has 0 aliphatic heterocycles. The van der Waals surface area contributed by atoms with Crippen molar-refractivity contribution in [3.8, 4) is 0 Å². The van der Waals surface area contributed by atoms with Crippen molar-refractivity contribution in [2.45, 2.75) is 456 Å². The topological polar surface area (TPSA) is 95.9 Å². The molecule has 6 heteroatoms. The minimum absolute atomic E-state index is 0.0170. The fourth-order valence-corrected chi connectivity index (χ4v) is 12.6. The van der Waals surface area contributed by atoms with Crippen molar-refractivity contribution < 1.29 is 24.5 Å². The maximum Gasteiger partial charge on any atom is 0.305 e. The standard InChI is InChI=1S/C81H155NO5/c1-3-5-7-9-11-13-15-17-19-21-23-24-32-35-38-41-45-49-53-57-61-65-69-73-79(84)78(77-83)82-80(85)74-70-66-62-58-54-50-46-42-39-36-33-30-28-26-25-27-29-31-34-37-40-44-48-52-56-60-64-68-72-76-87-81(86)75-71-67-63-59-55-51-47-43-22-20-18-16-14-12-10-8-6-4-2/h25,27,31,34,69,73,78-79,83-84H,3-24,26,28-30,32-33,35-68,70-72,74-77H2,1-2H3,(H,82,85)/b27-25-,34-31-,73-69+. The number of hydrogen-bond donors (Lipinski definition) is 3. The van der Waals surface area contributed by atoms with E-state index in [-0.39, 0.29) is 18.5 Å². The third kappa shape index (κ3) is 73.0. The number of rotatable bonds is 75. The van der Waals surface area contributed by atoms with Crippen LogP contribution in [0.25, 0.3) is 0 Å². The smallest absolute Gasteiger partial charge is 0.305 e. The average Bonchev–Trinajstić information content (AvgIpc) is 3.52. The van der Waals surface area contributed by atoms with E-state index in [1.54, 1.807) is 6.08 Å². The van der Waals surface area contributed by atoms with E-state index >= 15 is 0 Å². The van der Waals surface area contributed by atoms with Gasteiger partial charge in [-0.05, 0) is 64.2 Å². The number of esters is 1. The van der Waals surface area contributed by atoms with Crippen LogP contribution in [0.5, 0.6) is 0 Å². The van der Waals surface area contributed by atoms with Gasteiger partial charge in [-0.25, -0.2) is 0 Å². The van der Waals surface area contributed by atoms with Gasteiger partial charge in [-0.1, -0.05) is 403 Å². The Bertz CT molecular complexity index is 1410. The largest absolute Gasteiger partial charge is 0.466 e. The quantitative estimate of drug-likeness (QED) is 0.0320. The lowest BCUT2D eigenvalue weighted by atomic mass is 10.0. The third-order valence-electron chi connectivity index (χ3n) is 18.7. The Morgan fingerprint density at radius 3 is 0.874 bits per heavy atom. The van der Waals surface area contributed by atoms with Gasteiger partial charge in [-0.15, -0.1) is 0 Å². The van der Waals surface area contributed by atoms with E-state index in [9.17, 15) is 19.8 Å². The molecule has 514 valence electrons. The van der Waals surface area contributed by atoms with Crippen LogP contribution in [0.4, 0.5) is 0 Å². The van der Waals surface area contributed by atoms with Crippen LogP contribution in [-0.4, -0.2) is 47.4 Å². The molecular formula is C81H155NO5. The molecule has 0 saturated heterocycles. The number of allylic oxidation sites excluding steroid dienone is 5. The van der Waals surface area contributed by atoms with Crippen molar-refractivity contribution in [2.24, 2.45) is 0 Å². The lowest BCUT2D eigenvalue weighted by Crippen LogP contribution is -2.45. The molecule has 1 amide bonds. The Balaban J connectivity index is 3.41. The average molecular weight is 1220 g/mol. The zero-order valence-electron chi connectivity index (χ0n) is 59.0. The molecule has 2 atom stereocenters. The first-order valence-corrected chi connectivity index (χ1v) is 39.8. The maximum absolute atomic E-state index is 12.5. The van der Waals surface area contributed by atoms with Crippen molar-refractivity contribution in [1.29, 1.82) is 0 Å². The van der Waals surface area contributed by atoms with Gasteiger partial charge in [0.2, 0.25) is 5.91 Å². The molecule has 0 spiro atoms. The Labute approximate surface area is 544 Å². The van der Waals surface area contributed by atoms with E-state index in [1.165, 1.54) is 372 Å². The van der Waals surface area contributed by atoms with E-state index in [0.717, 1.165) is 44.9 Å². The molecule has 87 heavy (non-hydrogen) atoms. The van der Waals surface area contributed by atoms with E-state index in [2.05, 4.69) is 43.5 Å². The highest BCUT2D eigenvalue weighted by Gasteiger charge is 2.18. The highest BCUT2D eigenvalue weighted by molar-refractivity contribution is 5.76. The van der Waals surface area contributed by atoms with Crippen LogP contribution in [0.2, 0.25) is 0 Å². The van der Waals surface area contributed by atoms with Crippen LogP contribution in [0.1, 0.15) is 444 Å². The number of carbonyl (C=O) groups excluding carboxylic acids is 2. The van der Waals surface area contributed by atoms with Gasteiger partial charge in [0, 0.05) is 12.8 Å². The second kappa shape index (κ2) is 76.5. The SMILES string of the molecule is CCCCCCCCCCCCCCCCCCCCCCC/C=C/C(O)C(CO)NC(=O)CCCCCCCCCCCCCCC/C=C\C/C=C\CCCCCCCCCCCOC(=O)CCCCCCCCCCCCCCCCCCCC. The Hall–Kier alpha value is -1.92. The highest BCUT2D eigenvalue weighted by atomic mass is 16.5. The third-order valence-corrected chi connectivity index (χ3v) is 18.7. The van der Waals surface area contributed by atoms with Crippen LogP contribution in [0.15, 0.2) is 36.5 Å². The minimum Gasteiger partial charge on any atom is -0.466 e. The van der Waals surface area contributed by atoms with Crippen LogP contribution in [0.3, 0.4) is 0 Å². The number of unbranched alkanes of at least 4 members (excludes halogenated alkanes) is 60. The Morgan fingerprint density at radius 2 is 0.575 bits per heavy atom. The lowest BCUT2D eigenvalue weighted by molar-refractivity contribution is -0.143. The number of aliphatic hydroxyl groups is 2. The molecule has 0 aromatic heterocycles. The second-order valence-electron chi connectivity index (χ2n) is 27.4. The van der Waals surface area contributed by atoms with Crippen LogP contribution in [-0.2, 0) is 14.3 Å². The van der Waals surface area contributed by atoms with Gasteiger partial charge in [0.25, 0.3) is 0 Å². The molecule has 2 unspecified atom stereocenters. The number of hydrogen-bond acceptors (Lipinski definition) is 5. The summed E-state index contributed by atoms with van der Waals surface area (Å²) in [5.41, 5.74) is 0. The van der Waals surface area contributed by atoms with Gasteiger partial charge >= 0.3 is 5.97 Å². The summed E-state index contributed by atoms with van der Waals surface area (Å²) in [5, 5.41) is 23.3. The van der Waals surface area contributed by atoms with Crippen LogP contribution >= 0.6 is 0 Å². The van der Waals surface area contributed by atoms with Crippen molar-refractivity contribution in [1.82, 2.24) is 5.32 Å². The molecule has 0 aromatic rings. The normalized spacial score (nSPS) is 12.6. The summed E-state index contributed by atoms with van der Waals surface area (Å²) in [4.78, 5) is 24.7. The van der Waals surface area contributed by atoms with Gasteiger partial charge in [0.15, 0.2) is 0 Å². The summed E-state index contributed by atoms with van der Waals surface area (Å²) in [5.74, 6) is -0.0474. The molecule has 0 fully saturated rings. The van der Waals surface area contributed by atoms with Gasteiger partial charge < -0.3 is 20.3 Å². The molecule has 0 aromatic carbocycles. The summed E-state index contributed by atoms with van der Waals surface area (Å²) in [6, 6.07) is -0.631. The first-order chi connectivity index (χ1) is 43.0. The summed E-state index contributed by atoms with van der Waals surface area (Å²) >= 11 is 0. The number of ether oxygens (including phenoxy) is 1. The van der Waals surface area contributed by atoms with Gasteiger partial charge in [-0.2, -0.15) is 0 Å². The van der Waals surface area contributed by atoms with Gasteiger partial charge in [0.1, 0.15) is 0 Å². The first-order valence-electron chi connectivity index (χ1n) is 39.8. The van der Waals surface area contributed by atoms with Crippen LogP contribution < -0.4 is 5.32 Å². The summed E-state index contributed by atoms with van der Waals surface area (Å²) in [6.07, 6.45) is 99.7. The number of amides is 1. The Kier molecular flexibility index (Phi) is 74.8. The predicted molar refractivity (Wildman–Crippen MR) is 384 cm³/mol. The molecule has 0 bridgehead atoms. The molecule has 3 N–H and O–H groups in total. The minimum atomic E-state index is -0.847. The monoisotopic (exact) mass is 1220 g/mol. The number of aliphatic hydroxyl groups excluding tert-OH is 2. The summed E-state index contributed by atoms with van der Waals surface area (Å²) in [7, 11) is 0. The molecule has 0 saturated carbocycles.